The Bertz CT molecular complexity index is 731. The van der Waals surface area contributed by atoms with Gasteiger partial charge >= 0.3 is 0 Å². The van der Waals surface area contributed by atoms with Crippen LogP contribution in [-0.2, 0) is 0 Å². The zero-order valence-electron chi connectivity index (χ0n) is 13.5. The van der Waals surface area contributed by atoms with Crippen LogP contribution in [0, 0.1) is 11.3 Å². The number of hydrogen-bond donors (Lipinski definition) is 3. The molecule has 0 spiro atoms. The minimum absolute atomic E-state index is 0.00128. The van der Waals surface area contributed by atoms with E-state index in [9.17, 15) is 9.90 Å². The van der Waals surface area contributed by atoms with Crippen molar-refractivity contribution in [3.05, 3.63) is 42.5 Å². The van der Waals surface area contributed by atoms with Gasteiger partial charge in [0, 0.05) is 36.6 Å². The number of imidazole rings is 1. The molecule has 1 atom stereocenters. The highest BCUT2D eigenvalue weighted by Crippen LogP contribution is 2.48. The summed E-state index contributed by atoms with van der Waals surface area (Å²) in [6.07, 6.45) is 8.79. The topological polar surface area (TPSA) is 79.2 Å². The number of aromatic hydroxyl groups is 1. The summed E-state index contributed by atoms with van der Waals surface area (Å²) < 4.78 is 1.81. The lowest BCUT2D eigenvalue weighted by molar-refractivity contribution is 0.0924. The first-order chi connectivity index (χ1) is 11.7. The number of carbonyl (C=O) groups excluding carboxylic acids is 1. The van der Waals surface area contributed by atoms with E-state index in [1.54, 1.807) is 36.9 Å². The lowest BCUT2D eigenvalue weighted by Gasteiger charge is -2.28. The van der Waals surface area contributed by atoms with Crippen molar-refractivity contribution >= 4 is 5.91 Å². The first-order valence-corrected chi connectivity index (χ1v) is 8.48. The van der Waals surface area contributed by atoms with Crippen LogP contribution >= 0.6 is 0 Å². The highest BCUT2D eigenvalue weighted by molar-refractivity contribution is 5.97. The Kier molecular flexibility index (Phi) is 3.76. The van der Waals surface area contributed by atoms with E-state index in [1.807, 2.05) is 4.57 Å². The average Bonchev–Trinajstić information content (AvgIpc) is 3.12. The Hall–Kier alpha value is -2.34. The van der Waals surface area contributed by atoms with Gasteiger partial charge in [-0.3, -0.25) is 4.79 Å². The number of phenols is 1. The zero-order valence-corrected chi connectivity index (χ0v) is 13.5. The van der Waals surface area contributed by atoms with Crippen LogP contribution in [0.15, 0.2) is 36.9 Å². The monoisotopic (exact) mass is 326 g/mol. The van der Waals surface area contributed by atoms with Crippen molar-refractivity contribution in [2.24, 2.45) is 11.3 Å². The molecule has 3 N–H and O–H groups in total. The molecule has 0 bridgehead atoms. The van der Waals surface area contributed by atoms with E-state index >= 15 is 0 Å². The fraction of sp³-hybridized carbons (Fsp3) is 0.444. The molecule has 1 saturated heterocycles. The second-order valence-corrected chi connectivity index (χ2v) is 6.92. The Morgan fingerprint density at radius 1 is 1.46 bits per heavy atom. The SMILES string of the molecule is O=C(NCC1(C2CC2)CCNC1)c1cc(-n2ccnc2)ccc1O. The molecule has 1 amide bonds. The quantitative estimate of drug-likeness (QED) is 0.781. The van der Waals surface area contributed by atoms with Crippen molar-refractivity contribution in [2.45, 2.75) is 19.3 Å². The van der Waals surface area contributed by atoms with E-state index in [2.05, 4.69) is 15.6 Å². The van der Waals surface area contributed by atoms with Crippen LogP contribution in [-0.4, -0.2) is 40.2 Å². The molecular weight excluding hydrogens is 304 g/mol. The lowest BCUT2D eigenvalue weighted by Crippen LogP contribution is -2.40. The van der Waals surface area contributed by atoms with E-state index < -0.39 is 0 Å². The van der Waals surface area contributed by atoms with Gasteiger partial charge in [-0.2, -0.15) is 0 Å². The third kappa shape index (κ3) is 2.78. The molecule has 1 aliphatic heterocycles. The number of nitrogens with zero attached hydrogens (tertiary/aromatic N) is 2. The smallest absolute Gasteiger partial charge is 0.255 e. The molecule has 24 heavy (non-hydrogen) atoms. The molecule has 1 aromatic heterocycles. The molecule has 1 aromatic carbocycles. The molecule has 2 aromatic rings. The summed E-state index contributed by atoms with van der Waals surface area (Å²) in [4.78, 5) is 16.6. The third-order valence-corrected chi connectivity index (χ3v) is 5.35. The minimum atomic E-state index is -0.221. The number of benzene rings is 1. The van der Waals surface area contributed by atoms with Crippen LogP contribution in [0.2, 0.25) is 0 Å². The van der Waals surface area contributed by atoms with Crippen LogP contribution in [0.4, 0.5) is 0 Å². The van der Waals surface area contributed by atoms with Crippen molar-refractivity contribution in [1.29, 1.82) is 0 Å². The number of phenolic OH excluding ortho intramolecular Hbond substituents is 1. The van der Waals surface area contributed by atoms with E-state index in [1.165, 1.54) is 12.8 Å². The van der Waals surface area contributed by atoms with E-state index in [0.717, 1.165) is 31.1 Å². The van der Waals surface area contributed by atoms with Crippen LogP contribution in [0.1, 0.15) is 29.6 Å². The van der Waals surface area contributed by atoms with Crippen LogP contribution in [0.25, 0.3) is 5.69 Å². The van der Waals surface area contributed by atoms with Gasteiger partial charge in [0.2, 0.25) is 0 Å². The number of amides is 1. The second-order valence-electron chi connectivity index (χ2n) is 6.92. The van der Waals surface area contributed by atoms with Gasteiger partial charge in [-0.05, 0) is 49.9 Å². The molecule has 1 saturated carbocycles. The largest absolute Gasteiger partial charge is 0.507 e. The second kappa shape index (κ2) is 5.94. The Morgan fingerprint density at radius 3 is 3.00 bits per heavy atom. The van der Waals surface area contributed by atoms with Crippen molar-refractivity contribution in [3.63, 3.8) is 0 Å². The van der Waals surface area contributed by atoms with E-state index in [0.29, 0.717) is 12.1 Å². The standard InChI is InChI=1S/C18H22N4O2/c23-16-4-3-14(22-8-7-20-12-22)9-15(16)17(24)21-11-18(13-1-2-13)5-6-19-10-18/h3-4,7-9,12-13,19,23H,1-2,5-6,10-11H2,(H,21,24). The molecular formula is C18H22N4O2. The van der Waals surface area contributed by atoms with Gasteiger partial charge < -0.3 is 20.3 Å². The summed E-state index contributed by atoms with van der Waals surface area (Å²) >= 11 is 0. The number of carbonyl (C=O) groups is 1. The summed E-state index contributed by atoms with van der Waals surface area (Å²) in [7, 11) is 0. The van der Waals surface area contributed by atoms with Crippen molar-refractivity contribution < 1.29 is 9.90 Å². The maximum absolute atomic E-state index is 12.6. The molecule has 2 heterocycles. The molecule has 2 aliphatic rings. The van der Waals surface area contributed by atoms with E-state index in [-0.39, 0.29) is 17.1 Å². The van der Waals surface area contributed by atoms with Gasteiger partial charge in [-0.25, -0.2) is 4.98 Å². The van der Waals surface area contributed by atoms with Crippen LogP contribution < -0.4 is 10.6 Å². The molecule has 126 valence electrons. The number of rotatable bonds is 5. The molecule has 0 radical (unpaired) electrons. The summed E-state index contributed by atoms with van der Waals surface area (Å²) in [6, 6.07) is 5.02. The van der Waals surface area contributed by atoms with Gasteiger partial charge in [-0.15, -0.1) is 0 Å². The molecule has 1 unspecified atom stereocenters. The summed E-state index contributed by atoms with van der Waals surface area (Å²) in [5.41, 5.74) is 1.29. The molecule has 6 nitrogen and oxygen atoms in total. The summed E-state index contributed by atoms with van der Waals surface area (Å²) in [5.74, 6) is 0.501. The van der Waals surface area contributed by atoms with Crippen molar-refractivity contribution in [3.8, 4) is 11.4 Å². The van der Waals surface area contributed by atoms with Gasteiger partial charge in [0.1, 0.15) is 5.75 Å². The molecule has 6 heteroatoms. The Morgan fingerprint density at radius 2 is 2.33 bits per heavy atom. The highest BCUT2D eigenvalue weighted by atomic mass is 16.3. The maximum atomic E-state index is 12.6. The highest BCUT2D eigenvalue weighted by Gasteiger charge is 2.46. The molecule has 1 aliphatic carbocycles. The normalized spacial score (nSPS) is 23.3. The van der Waals surface area contributed by atoms with Gasteiger partial charge in [0.25, 0.3) is 5.91 Å². The lowest BCUT2D eigenvalue weighted by atomic mass is 9.81. The van der Waals surface area contributed by atoms with Gasteiger partial charge in [-0.1, -0.05) is 0 Å². The summed E-state index contributed by atoms with van der Waals surface area (Å²) in [5, 5.41) is 16.6. The number of aromatic nitrogens is 2. The molecule has 2 fully saturated rings. The molecule has 4 rings (SSSR count). The number of nitrogens with one attached hydrogen (secondary N) is 2. The van der Waals surface area contributed by atoms with Crippen LogP contribution in [0.3, 0.4) is 0 Å². The summed E-state index contributed by atoms with van der Waals surface area (Å²) in [6.45, 7) is 2.66. The fourth-order valence-electron chi connectivity index (χ4n) is 3.73. The van der Waals surface area contributed by atoms with Gasteiger partial charge in [0.15, 0.2) is 0 Å². The van der Waals surface area contributed by atoms with E-state index in [4.69, 9.17) is 0 Å². The third-order valence-electron chi connectivity index (χ3n) is 5.35. The Labute approximate surface area is 140 Å². The predicted octanol–water partition coefficient (Wildman–Crippen LogP) is 1.70. The Balaban J connectivity index is 1.51. The van der Waals surface area contributed by atoms with Crippen molar-refractivity contribution in [2.75, 3.05) is 19.6 Å². The maximum Gasteiger partial charge on any atom is 0.255 e. The first-order valence-electron chi connectivity index (χ1n) is 8.48. The zero-order chi connectivity index (χ0) is 16.6. The van der Waals surface area contributed by atoms with Gasteiger partial charge in [0.05, 0.1) is 11.9 Å². The minimum Gasteiger partial charge on any atom is -0.507 e. The average molecular weight is 326 g/mol. The van der Waals surface area contributed by atoms with Crippen molar-refractivity contribution in [1.82, 2.24) is 20.2 Å². The number of hydrogen-bond acceptors (Lipinski definition) is 4. The fourth-order valence-corrected chi connectivity index (χ4v) is 3.73. The predicted molar refractivity (Wildman–Crippen MR) is 90.2 cm³/mol. The first kappa shape index (κ1) is 15.2. The van der Waals surface area contributed by atoms with Crippen LogP contribution in [0.5, 0.6) is 5.75 Å².